The number of hydrogen-bond acceptors (Lipinski definition) is 8. The first kappa shape index (κ1) is 50.2. The van der Waals surface area contributed by atoms with Gasteiger partial charge in [-0.15, -0.1) is 0 Å². The molecule has 3 aromatic heterocycles. The van der Waals surface area contributed by atoms with Crippen LogP contribution >= 0.6 is 0 Å². The molecule has 0 saturated heterocycles. The van der Waals surface area contributed by atoms with Crippen molar-refractivity contribution in [3.05, 3.63) is 144 Å². The third-order valence-electron chi connectivity index (χ3n) is 13.5. The Hall–Kier alpha value is -8.21. The molecule has 5 amide bonds. The van der Waals surface area contributed by atoms with E-state index in [1.165, 1.54) is 0 Å². The number of aromatic nitrogens is 3. The van der Waals surface area contributed by atoms with Crippen LogP contribution in [0.4, 0.5) is 4.79 Å². The van der Waals surface area contributed by atoms with Crippen LogP contribution in [0.25, 0.3) is 32.7 Å². The number of aromatic amines is 3. The molecule has 8 rings (SSSR count). The van der Waals surface area contributed by atoms with Gasteiger partial charge < -0.3 is 51.4 Å². The molecule has 1 aliphatic carbocycles. The molecule has 9 N–H and O–H groups in total. The molecule has 6 atom stereocenters. The van der Waals surface area contributed by atoms with Gasteiger partial charge in [0.2, 0.25) is 23.6 Å². The third kappa shape index (κ3) is 12.4. The van der Waals surface area contributed by atoms with E-state index in [0.29, 0.717) is 19.3 Å². The number of H-pyrrole nitrogens is 3. The lowest BCUT2D eigenvalue weighted by Crippen LogP contribution is -2.57. The van der Waals surface area contributed by atoms with Crippen molar-refractivity contribution in [2.45, 2.75) is 102 Å². The molecule has 0 radical (unpaired) electrons. The SMILES string of the molecule is CC(C)[C@H](NC(=O)[C@H](Cc1c[nH]c2ccccc12)NC(=O)CC[C@H]1CCC[C@@H](NC(=O)[C@H](Cc2c[nH]c3ccccc23)NC(=O)[C@H](Cc2c[nH]c3ccccc23)NC(=O)OCc2ccccc2)C1=O)C(=O)O. The van der Waals surface area contributed by atoms with E-state index in [2.05, 4.69) is 41.5 Å². The molecule has 1 fully saturated rings. The largest absolute Gasteiger partial charge is 0.480 e. The Morgan fingerprint density at radius 3 is 1.62 bits per heavy atom. The first-order valence-corrected chi connectivity index (χ1v) is 24.4. The van der Waals surface area contributed by atoms with Crippen LogP contribution in [0.5, 0.6) is 0 Å². The topological polar surface area (TPSA) is 256 Å². The average molecular weight is 977 g/mol. The average Bonchev–Trinajstić information content (AvgIpc) is 4.11. The van der Waals surface area contributed by atoms with Gasteiger partial charge in [0.1, 0.15) is 30.8 Å². The minimum absolute atomic E-state index is 0.0301. The summed E-state index contributed by atoms with van der Waals surface area (Å²) < 4.78 is 5.53. The fraction of sp³-hybridized carbons (Fsp3) is 0.327. The molecule has 7 aromatic rings. The number of nitrogens with one attached hydrogen (secondary N) is 8. The Kier molecular flexibility index (Phi) is 16.1. The quantitative estimate of drug-likeness (QED) is 0.0392. The summed E-state index contributed by atoms with van der Waals surface area (Å²) in [6.07, 6.45) is 6.07. The fourth-order valence-corrected chi connectivity index (χ4v) is 9.55. The zero-order chi connectivity index (χ0) is 50.7. The zero-order valence-electron chi connectivity index (χ0n) is 40.2. The summed E-state index contributed by atoms with van der Waals surface area (Å²) in [5.74, 6) is -4.86. The maximum atomic E-state index is 14.5. The number of fused-ring (bicyclic) bond motifs is 3. The van der Waals surface area contributed by atoms with E-state index in [4.69, 9.17) is 4.74 Å². The normalized spacial score (nSPS) is 16.4. The van der Waals surface area contributed by atoms with E-state index in [0.717, 1.165) is 55.0 Å². The number of carbonyl (C=O) groups is 7. The number of aliphatic carboxylic acids is 1. The van der Waals surface area contributed by atoms with Gasteiger partial charge in [0.05, 0.1) is 6.04 Å². The summed E-state index contributed by atoms with van der Waals surface area (Å²) in [5.41, 5.74) is 5.53. The Morgan fingerprint density at radius 1 is 0.611 bits per heavy atom. The van der Waals surface area contributed by atoms with Crippen molar-refractivity contribution in [2.24, 2.45) is 11.8 Å². The number of rotatable bonds is 21. The lowest BCUT2D eigenvalue weighted by molar-refractivity contribution is -0.143. The maximum Gasteiger partial charge on any atom is 0.408 e. The van der Waals surface area contributed by atoms with Crippen LogP contribution in [0.3, 0.4) is 0 Å². The van der Waals surface area contributed by atoms with Gasteiger partial charge in [0.25, 0.3) is 0 Å². The molecule has 1 aliphatic rings. The van der Waals surface area contributed by atoms with Crippen molar-refractivity contribution in [2.75, 3.05) is 0 Å². The van der Waals surface area contributed by atoms with E-state index in [-0.39, 0.29) is 44.5 Å². The van der Waals surface area contributed by atoms with Crippen molar-refractivity contribution in [1.29, 1.82) is 0 Å². The maximum absolute atomic E-state index is 14.5. The molecule has 0 spiro atoms. The van der Waals surface area contributed by atoms with Gasteiger partial charge in [0, 0.05) is 82.9 Å². The Labute approximate surface area is 415 Å². The number of amides is 5. The molecule has 72 heavy (non-hydrogen) atoms. The molecule has 17 nitrogen and oxygen atoms in total. The molecule has 374 valence electrons. The van der Waals surface area contributed by atoms with E-state index in [1.54, 1.807) is 32.4 Å². The predicted octanol–water partition coefficient (Wildman–Crippen LogP) is 6.28. The summed E-state index contributed by atoms with van der Waals surface area (Å²) in [5, 5.41) is 26.3. The molecular formula is C55H60N8O9. The second-order valence-electron chi connectivity index (χ2n) is 18.8. The van der Waals surface area contributed by atoms with E-state index in [1.807, 2.05) is 103 Å². The van der Waals surface area contributed by atoms with Gasteiger partial charge in [-0.3, -0.25) is 24.0 Å². The summed E-state index contributed by atoms with van der Waals surface area (Å²) in [6.45, 7) is 3.33. The Balaban J connectivity index is 0.959. The molecule has 1 saturated carbocycles. The van der Waals surface area contributed by atoms with Gasteiger partial charge in [-0.25, -0.2) is 9.59 Å². The highest BCUT2D eigenvalue weighted by Crippen LogP contribution is 2.27. The molecule has 17 heteroatoms. The number of para-hydroxylation sites is 3. The summed E-state index contributed by atoms with van der Waals surface area (Å²) in [7, 11) is 0. The van der Waals surface area contributed by atoms with Crippen LogP contribution in [0.15, 0.2) is 122 Å². The van der Waals surface area contributed by atoms with E-state index < -0.39 is 77.7 Å². The first-order valence-electron chi connectivity index (χ1n) is 24.4. The van der Waals surface area contributed by atoms with Crippen LogP contribution in [-0.4, -0.2) is 91.7 Å². The van der Waals surface area contributed by atoms with Crippen molar-refractivity contribution in [3.63, 3.8) is 0 Å². The van der Waals surface area contributed by atoms with E-state index >= 15 is 0 Å². The predicted molar refractivity (Wildman–Crippen MR) is 271 cm³/mol. The third-order valence-corrected chi connectivity index (χ3v) is 13.5. The smallest absolute Gasteiger partial charge is 0.408 e. The molecule has 0 unspecified atom stereocenters. The summed E-state index contributed by atoms with van der Waals surface area (Å²) in [6, 6.07) is 26.2. The highest BCUT2D eigenvalue weighted by atomic mass is 16.5. The lowest BCUT2D eigenvalue weighted by atomic mass is 9.81. The number of carboxylic acid groups (broad SMARTS) is 1. The van der Waals surface area contributed by atoms with E-state index in [9.17, 15) is 38.7 Å². The molecular weight excluding hydrogens is 917 g/mol. The fourth-order valence-electron chi connectivity index (χ4n) is 9.55. The monoisotopic (exact) mass is 976 g/mol. The van der Waals surface area contributed by atoms with Gasteiger partial charge >= 0.3 is 12.1 Å². The minimum Gasteiger partial charge on any atom is -0.480 e. The molecule has 0 aliphatic heterocycles. The van der Waals surface area contributed by atoms with Crippen LogP contribution in [0, 0.1) is 11.8 Å². The summed E-state index contributed by atoms with van der Waals surface area (Å²) in [4.78, 5) is 106. The number of carbonyl (C=O) groups excluding carboxylic acids is 6. The standard InChI is InChI=1S/C55H60N8O9/c1-32(2)49(54(69)70)63-53(68)45(25-35-28-56-41-19-9-6-16-38(35)41)59-48(64)24-23-34-15-12-22-44(50(34)65)60-51(66)46(26-36-29-57-42-20-10-7-17-39(36)42)61-52(67)47(27-37-30-58-43-21-11-8-18-40(37)43)62-55(71)72-31-33-13-4-3-5-14-33/h3-11,13-14,16-21,28-30,32,34,44-47,49,56-58H,12,15,22-27,31H2,1-2H3,(H,59,64)(H,60,66)(H,61,67)(H,62,71)(H,63,68)(H,69,70)/t34-,44-,45+,46+,47+,49+/m1/s1. The van der Waals surface area contributed by atoms with Crippen LogP contribution in [0.2, 0.25) is 0 Å². The number of alkyl carbamates (subject to hydrolysis) is 1. The number of ketones is 1. The number of hydrogen-bond donors (Lipinski definition) is 9. The number of Topliss-reactive ketones (excluding diaryl/α,β-unsaturated/α-hetero) is 1. The van der Waals surface area contributed by atoms with Gasteiger partial charge in [-0.2, -0.15) is 0 Å². The van der Waals surface area contributed by atoms with Crippen molar-refractivity contribution in [3.8, 4) is 0 Å². The van der Waals surface area contributed by atoms with Gasteiger partial charge in [-0.05, 0) is 65.6 Å². The second kappa shape index (κ2) is 23.1. The number of benzene rings is 4. The number of carboxylic acids is 1. The van der Waals surface area contributed by atoms with Crippen molar-refractivity contribution in [1.82, 2.24) is 41.5 Å². The Bertz CT molecular complexity index is 3070. The second-order valence-corrected chi connectivity index (χ2v) is 18.8. The van der Waals surface area contributed by atoms with Crippen LogP contribution < -0.4 is 26.6 Å². The van der Waals surface area contributed by atoms with Crippen molar-refractivity contribution >= 4 is 74.2 Å². The molecule has 0 bridgehead atoms. The highest BCUT2D eigenvalue weighted by molar-refractivity contribution is 5.97. The van der Waals surface area contributed by atoms with Crippen molar-refractivity contribution < 1.29 is 43.4 Å². The zero-order valence-corrected chi connectivity index (χ0v) is 40.2. The van der Waals surface area contributed by atoms with Gasteiger partial charge in [0.15, 0.2) is 5.78 Å². The van der Waals surface area contributed by atoms with Crippen LogP contribution in [-0.2, 0) is 59.4 Å². The van der Waals surface area contributed by atoms with Crippen LogP contribution in [0.1, 0.15) is 68.2 Å². The summed E-state index contributed by atoms with van der Waals surface area (Å²) >= 11 is 0. The Morgan fingerprint density at radius 2 is 1.10 bits per heavy atom. The minimum atomic E-state index is -1.20. The lowest BCUT2D eigenvalue weighted by Gasteiger charge is -2.30. The molecule has 4 aromatic carbocycles. The highest BCUT2D eigenvalue weighted by Gasteiger charge is 2.36. The van der Waals surface area contributed by atoms with Gasteiger partial charge in [-0.1, -0.05) is 105 Å². The first-order chi connectivity index (χ1) is 34.8. The number of ether oxygens (including phenoxy) is 1. The molecule has 3 heterocycles.